The molecule has 1 aliphatic heterocycles. The average molecular weight is 1080 g/mol. The van der Waals surface area contributed by atoms with Crippen LogP contribution in [-0.2, 0) is 57.1 Å². The van der Waals surface area contributed by atoms with Crippen LogP contribution in [0.3, 0.4) is 0 Å². The SMILES string of the molecule is [B]N=N[C@@H](c1ccccc1)[C@@H](OC(=O)COc1ccc(C(=O)NNC(=O)OCCSC)cc1)C(=O)O[C@H]1C[C@@]2(O)[C@@H](OC(=O)c3ccccc3)[C@@H]3[C@]4(OC(C)=O)CO[C@@H]4C[C@H](O)[C@@]3(C)C(=O)[C@H](OC(C)=O)C(=C1C)C2(C)C. The Morgan fingerprint density at radius 3 is 2.14 bits per heavy atom. The highest BCUT2D eigenvalue weighted by atomic mass is 32.2. The highest BCUT2D eigenvalue weighted by Crippen LogP contribution is 2.64. The normalized spacial score (nSPS) is 27.8. The van der Waals surface area contributed by atoms with Crippen molar-refractivity contribution in [2.75, 3.05) is 31.8 Å². The highest BCUT2D eigenvalue weighted by molar-refractivity contribution is 7.98. The lowest BCUT2D eigenvalue weighted by molar-refractivity contribution is -0.346. The number of esters is 5. The number of nitrogens with one attached hydrogen (secondary N) is 2. The number of thioether (sulfide) groups is 1. The number of hydrogen-bond acceptors (Lipinski definition) is 21. The van der Waals surface area contributed by atoms with Gasteiger partial charge in [0.15, 0.2) is 24.1 Å². The molecule has 0 spiro atoms. The van der Waals surface area contributed by atoms with E-state index in [-0.39, 0.29) is 53.2 Å². The Labute approximate surface area is 448 Å². The van der Waals surface area contributed by atoms with E-state index in [0.717, 1.165) is 13.8 Å². The fraction of sp³-hybridized carbons (Fsp3) is 0.472. The zero-order valence-electron chi connectivity index (χ0n) is 43.3. The van der Waals surface area contributed by atoms with E-state index in [1.165, 1.54) is 75.9 Å². The second-order valence-corrected chi connectivity index (χ2v) is 20.7. The number of amides is 2. The van der Waals surface area contributed by atoms with Crippen LogP contribution in [0.4, 0.5) is 4.79 Å². The molecule has 1 saturated heterocycles. The van der Waals surface area contributed by atoms with Crippen LogP contribution in [0.25, 0.3) is 0 Å². The topological polar surface area (TPSA) is 300 Å². The smallest absolute Gasteiger partial charge is 0.426 e. The molecule has 3 aliphatic carbocycles. The maximum absolute atomic E-state index is 15.7. The predicted octanol–water partition coefficient (Wildman–Crippen LogP) is 4.21. The van der Waals surface area contributed by atoms with Gasteiger partial charge in [-0.2, -0.15) is 16.9 Å². The molecular weight excluding hydrogens is 1020 g/mol. The minimum Gasteiger partial charge on any atom is -0.482 e. The first kappa shape index (κ1) is 57.6. The van der Waals surface area contributed by atoms with Gasteiger partial charge in [-0.3, -0.25) is 29.6 Å². The Kier molecular flexibility index (Phi) is 17.7. The summed E-state index contributed by atoms with van der Waals surface area (Å²) in [6, 6.07) is 19.6. The monoisotopic (exact) mass is 1080 g/mol. The molecule has 3 aromatic carbocycles. The summed E-state index contributed by atoms with van der Waals surface area (Å²) in [6.07, 6.45) is -10.0. The minimum atomic E-state index is -2.49. The first-order valence-electron chi connectivity index (χ1n) is 24.4. The third-order valence-electron chi connectivity index (χ3n) is 14.8. The van der Waals surface area contributed by atoms with Crippen molar-refractivity contribution in [1.82, 2.24) is 10.9 Å². The minimum absolute atomic E-state index is 0.0244. The Bertz CT molecular complexity index is 2800. The van der Waals surface area contributed by atoms with Crippen LogP contribution in [-0.4, -0.2) is 145 Å². The third-order valence-corrected chi connectivity index (χ3v) is 15.4. The summed E-state index contributed by atoms with van der Waals surface area (Å²) in [5.74, 6) is -7.75. The van der Waals surface area contributed by atoms with Crippen LogP contribution >= 0.6 is 11.8 Å². The number of aliphatic hydroxyl groups is 2. The molecule has 4 N–H and O–H groups in total. The van der Waals surface area contributed by atoms with Gasteiger partial charge in [0.2, 0.25) is 6.10 Å². The van der Waals surface area contributed by atoms with Gasteiger partial charge >= 0.3 is 35.9 Å². The highest BCUT2D eigenvalue weighted by Gasteiger charge is 2.78. The second kappa shape index (κ2) is 23.6. The Morgan fingerprint density at radius 2 is 1.55 bits per heavy atom. The Morgan fingerprint density at radius 1 is 0.883 bits per heavy atom. The number of hydrazine groups is 1. The second-order valence-electron chi connectivity index (χ2n) is 19.7. The molecule has 2 saturated carbocycles. The van der Waals surface area contributed by atoms with E-state index < -0.39 is 131 Å². The zero-order valence-corrected chi connectivity index (χ0v) is 44.1. The molecule has 22 nitrogen and oxygen atoms in total. The number of Topliss-reactive ketones (excluding diaryl/α,β-unsaturated/α-hetero) is 1. The number of rotatable bonds is 17. The number of nitrogens with zero attached hydrogens (tertiary/aromatic N) is 2. The number of hydrogen-bond donors (Lipinski definition) is 4. The van der Waals surface area contributed by atoms with Crippen LogP contribution < -0.4 is 15.6 Å². The zero-order chi connectivity index (χ0) is 56.0. The van der Waals surface area contributed by atoms with Crippen molar-refractivity contribution in [2.24, 2.45) is 26.9 Å². The molecule has 4 aliphatic rings. The lowest BCUT2D eigenvalue weighted by Gasteiger charge is -2.67. The summed E-state index contributed by atoms with van der Waals surface area (Å²) in [6.45, 7) is 7.04. The van der Waals surface area contributed by atoms with Crippen molar-refractivity contribution in [2.45, 2.75) is 108 Å². The van der Waals surface area contributed by atoms with Crippen LogP contribution in [0.1, 0.15) is 86.7 Å². The summed E-state index contributed by atoms with van der Waals surface area (Å²) in [5.41, 5.74) is -3.44. The molecule has 7 rings (SSSR count). The molecule has 3 fully saturated rings. The van der Waals surface area contributed by atoms with E-state index in [0.29, 0.717) is 5.75 Å². The number of ether oxygens (including phenoxy) is 8. The van der Waals surface area contributed by atoms with Gasteiger partial charge in [-0.15, -0.1) is 0 Å². The van der Waals surface area contributed by atoms with Crippen molar-refractivity contribution in [3.8, 4) is 5.75 Å². The maximum Gasteiger partial charge on any atom is 0.426 e. The van der Waals surface area contributed by atoms with Gasteiger partial charge in [-0.25, -0.2) is 24.6 Å². The van der Waals surface area contributed by atoms with E-state index in [2.05, 4.69) is 21.0 Å². The first-order valence-corrected chi connectivity index (χ1v) is 25.8. The first-order chi connectivity index (χ1) is 36.5. The standard InChI is InChI=1S/C53H59BN4O18S/c1-28-35(73-48(66)42(40(55-58-54)31-14-10-8-11-15-31)74-38(62)26-70-34-20-18-32(19-21-34)46(64)56-57-49(67)69-22-23-77-7)25-53(68)45(75-47(65)33-16-12-9-13-17-33)43-51(6,36(61)24-37-52(43,27-71-37)76-30(3)60)44(63)41(72-29(2)59)39(28)50(53,4)5/h8-21,35-37,40-43,45,61,68H,22-27H2,1-7H3,(H,56,64)(H,57,67)/t35-,36-,37+,40-,41+,42+,43-,45-,51+,52-,53+/m0/s1. The van der Waals surface area contributed by atoms with Crippen molar-refractivity contribution >= 4 is 67.4 Å². The third kappa shape index (κ3) is 11.5. The van der Waals surface area contributed by atoms with Crippen LogP contribution in [0.15, 0.2) is 106 Å². The van der Waals surface area contributed by atoms with Gasteiger partial charge in [0.05, 0.1) is 29.6 Å². The number of carbonyl (C=O) groups is 8. The molecule has 11 atom stereocenters. The number of aliphatic hydroxyl groups excluding tert-OH is 1. The average Bonchev–Trinajstić information content (AvgIpc) is 3.50. The molecule has 1 heterocycles. The van der Waals surface area contributed by atoms with E-state index in [1.54, 1.807) is 48.5 Å². The molecular formula is C53H59BN4O18S. The fourth-order valence-corrected chi connectivity index (χ4v) is 11.2. The summed E-state index contributed by atoms with van der Waals surface area (Å²) in [7, 11) is 5.59. The lowest BCUT2D eigenvalue weighted by Crippen LogP contribution is -2.82. The number of benzene rings is 3. The fourth-order valence-electron chi connectivity index (χ4n) is 10.9. The molecule has 0 unspecified atom stereocenters. The molecule has 3 aromatic rings. The maximum atomic E-state index is 15.7. The van der Waals surface area contributed by atoms with Gasteiger partial charge in [0, 0.05) is 43.4 Å². The molecule has 24 heteroatoms. The molecule has 2 radical (unpaired) electrons. The molecule has 2 amide bonds. The van der Waals surface area contributed by atoms with E-state index >= 15 is 9.59 Å². The summed E-state index contributed by atoms with van der Waals surface area (Å²) in [4.78, 5) is 110. The van der Waals surface area contributed by atoms with E-state index in [1.807, 2.05) is 6.26 Å². The van der Waals surface area contributed by atoms with Crippen LogP contribution in [0, 0.1) is 16.7 Å². The van der Waals surface area contributed by atoms with Gasteiger partial charge in [0.1, 0.15) is 42.3 Å². The van der Waals surface area contributed by atoms with Gasteiger partial charge < -0.3 is 48.1 Å². The summed E-state index contributed by atoms with van der Waals surface area (Å²) >= 11 is 1.47. The largest absolute Gasteiger partial charge is 0.482 e. The predicted molar refractivity (Wildman–Crippen MR) is 271 cm³/mol. The Balaban J connectivity index is 1.26. The summed E-state index contributed by atoms with van der Waals surface area (Å²) < 4.78 is 47.0. The van der Waals surface area contributed by atoms with Crippen molar-refractivity contribution in [3.63, 3.8) is 0 Å². The lowest BCUT2D eigenvalue weighted by atomic mass is 9.44. The van der Waals surface area contributed by atoms with E-state index in [4.69, 9.17) is 45.9 Å². The number of ketones is 1. The quantitative estimate of drug-likeness (QED) is 0.0280. The molecule has 77 heavy (non-hydrogen) atoms. The number of fused-ring (bicyclic) bond motifs is 5. The van der Waals surface area contributed by atoms with Crippen molar-refractivity contribution in [1.29, 1.82) is 0 Å². The van der Waals surface area contributed by atoms with E-state index in [9.17, 15) is 39.0 Å². The molecule has 408 valence electrons. The van der Waals surface area contributed by atoms with Gasteiger partial charge in [-0.05, 0) is 73.2 Å². The number of carbonyl (C=O) groups excluding carboxylic acids is 8. The van der Waals surface area contributed by atoms with Crippen molar-refractivity contribution in [3.05, 3.63) is 113 Å². The van der Waals surface area contributed by atoms with Gasteiger partial charge in [0.25, 0.3) is 13.9 Å². The van der Waals surface area contributed by atoms with Crippen LogP contribution in [0.2, 0.25) is 0 Å². The van der Waals surface area contributed by atoms with Crippen molar-refractivity contribution < 1.29 is 86.5 Å². The Hall–Kier alpha value is -7.15. The molecule has 0 aromatic heterocycles. The van der Waals surface area contributed by atoms with Gasteiger partial charge in [-0.1, -0.05) is 62.4 Å². The molecule has 2 bridgehead atoms. The van der Waals surface area contributed by atoms with Crippen LogP contribution in [0.5, 0.6) is 5.75 Å². The summed E-state index contributed by atoms with van der Waals surface area (Å²) in [5, 5.41) is 33.5.